The zero-order valence-electron chi connectivity index (χ0n) is 18.3. The molecule has 34 heavy (non-hydrogen) atoms. The Morgan fingerprint density at radius 1 is 1.21 bits per heavy atom. The maximum Gasteiger partial charge on any atom is 0.445 e. The number of benzene rings is 1. The van der Waals surface area contributed by atoms with Crippen molar-refractivity contribution in [2.75, 3.05) is 38.4 Å². The quantitative estimate of drug-likeness (QED) is 0.659. The topological polar surface area (TPSA) is 126 Å². The fourth-order valence-electron chi connectivity index (χ4n) is 3.66. The van der Waals surface area contributed by atoms with Crippen molar-refractivity contribution in [3.05, 3.63) is 42.4 Å². The smallest absolute Gasteiger partial charge is 0.445 e. The molecule has 0 fully saturated rings. The number of amides is 4. The van der Waals surface area contributed by atoms with Crippen LogP contribution >= 0.6 is 11.8 Å². The van der Waals surface area contributed by atoms with E-state index in [0.717, 1.165) is 16.7 Å². The van der Waals surface area contributed by atoms with E-state index in [0.29, 0.717) is 41.2 Å². The van der Waals surface area contributed by atoms with E-state index < -0.39 is 17.9 Å². The summed E-state index contributed by atoms with van der Waals surface area (Å²) in [5.41, 5.74) is 0.560. The van der Waals surface area contributed by atoms with Gasteiger partial charge in [-0.05, 0) is 24.3 Å². The van der Waals surface area contributed by atoms with Crippen LogP contribution in [0.2, 0.25) is 0 Å². The van der Waals surface area contributed by atoms with Gasteiger partial charge in [0.05, 0.1) is 26.1 Å². The number of fused-ring (bicyclic) bond motifs is 2. The van der Waals surface area contributed by atoms with Gasteiger partial charge in [-0.15, -0.1) is 0 Å². The van der Waals surface area contributed by atoms with Gasteiger partial charge in [0.25, 0.3) is 11.7 Å². The predicted molar refractivity (Wildman–Crippen MR) is 124 cm³/mol. The van der Waals surface area contributed by atoms with Crippen molar-refractivity contribution < 1.29 is 32.9 Å². The highest BCUT2D eigenvalue weighted by molar-refractivity contribution is 8.14. The molecule has 11 nitrogen and oxygen atoms in total. The molecule has 5 rings (SSSR count). The Morgan fingerprint density at radius 2 is 2.00 bits per heavy atom. The molecule has 2 aromatic rings. The Kier molecular flexibility index (Phi) is 5.65. The first-order valence-corrected chi connectivity index (χ1v) is 11.4. The van der Waals surface area contributed by atoms with Crippen molar-refractivity contribution in [3.63, 3.8) is 0 Å². The lowest BCUT2D eigenvalue weighted by Crippen LogP contribution is -2.54. The highest BCUT2D eigenvalue weighted by atomic mass is 32.2. The summed E-state index contributed by atoms with van der Waals surface area (Å²) in [5, 5.41) is 3.16. The van der Waals surface area contributed by atoms with E-state index in [4.69, 9.17) is 13.9 Å². The molecule has 3 aliphatic heterocycles. The van der Waals surface area contributed by atoms with E-state index in [-0.39, 0.29) is 23.3 Å². The standard InChI is InChI=1S/C22H19N5O6S/c1-26-19-17(21(29)27(2)22(26)30)20(25-18(24-19)14-4-3-7-31-14)34-11-16(28)23-12-5-6-13-15(10-12)33-9-8-32-13/h3-7,10,17H,8-9,11H2,1-2H3/p+1. The Labute approximate surface area is 198 Å². The molecule has 1 N–H and O–H groups in total. The molecule has 0 saturated carbocycles. The van der Waals surface area contributed by atoms with Gasteiger partial charge in [-0.3, -0.25) is 9.59 Å². The fraction of sp³-hybridized carbons (Fsp3) is 0.273. The highest BCUT2D eigenvalue weighted by Crippen LogP contribution is 2.33. The lowest BCUT2D eigenvalue weighted by Gasteiger charge is -2.26. The number of carbonyl (C=O) groups is 3. The number of thioether (sulfide) groups is 1. The minimum absolute atomic E-state index is 0.0167. The Morgan fingerprint density at radius 3 is 2.76 bits per heavy atom. The molecular weight excluding hydrogens is 462 g/mol. The Balaban J connectivity index is 1.37. The first-order valence-electron chi connectivity index (χ1n) is 10.4. The number of anilines is 1. The monoisotopic (exact) mass is 482 g/mol. The van der Waals surface area contributed by atoms with Crippen LogP contribution < -0.4 is 14.8 Å². The number of nitrogens with one attached hydrogen (secondary N) is 1. The van der Waals surface area contributed by atoms with E-state index in [1.807, 2.05) is 0 Å². The average Bonchev–Trinajstić information content (AvgIpc) is 3.39. The number of carbonyl (C=O) groups excluding carboxylic acids is 3. The molecule has 0 radical (unpaired) electrons. The molecule has 0 bridgehead atoms. The van der Waals surface area contributed by atoms with E-state index in [1.54, 1.807) is 37.4 Å². The largest absolute Gasteiger partial charge is 0.486 e. The Bertz CT molecular complexity index is 1280. The molecule has 0 aliphatic carbocycles. The molecule has 1 aromatic carbocycles. The molecule has 174 valence electrons. The summed E-state index contributed by atoms with van der Waals surface area (Å²) in [6.45, 7) is 0.925. The number of furan rings is 1. The van der Waals surface area contributed by atoms with Gasteiger partial charge in [0, 0.05) is 11.8 Å². The zero-order valence-corrected chi connectivity index (χ0v) is 19.1. The van der Waals surface area contributed by atoms with Crippen LogP contribution in [0, 0.1) is 5.92 Å². The number of hydrogen-bond donors (Lipinski definition) is 1. The van der Waals surface area contributed by atoms with E-state index in [2.05, 4.69) is 15.3 Å². The van der Waals surface area contributed by atoms with Crippen LogP contribution in [0.15, 0.2) is 51.0 Å². The molecule has 12 heteroatoms. The van der Waals surface area contributed by atoms with Crippen LogP contribution in [-0.2, 0) is 9.59 Å². The third-order valence-electron chi connectivity index (χ3n) is 5.36. The van der Waals surface area contributed by atoms with Crippen molar-refractivity contribution in [3.8, 4) is 11.5 Å². The van der Waals surface area contributed by atoms with Gasteiger partial charge in [0.1, 0.15) is 18.3 Å². The predicted octanol–water partition coefficient (Wildman–Crippen LogP) is 1.83. The lowest BCUT2D eigenvalue weighted by atomic mass is 10.0. The zero-order chi connectivity index (χ0) is 23.8. The first kappa shape index (κ1) is 21.9. The van der Waals surface area contributed by atoms with Crippen molar-refractivity contribution in [2.24, 2.45) is 15.9 Å². The van der Waals surface area contributed by atoms with Crippen molar-refractivity contribution in [1.82, 2.24) is 4.90 Å². The summed E-state index contributed by atoms with van der Waals surface area (Å²) in [6.07, 6.45) is 1.48. The van der Waals surface area contributed by atoms with Gasteiger partial charge >= 0.3 is 11.9 Å². The molecule has 3 aliphatic rings. The SMILES string of the molecule is CN1C(=O)C2C(SCC(=O)Nc3ccc4c(c3)OCCO4)=NC(c3ccco3)=NC2=[N+](C)C1=O. The van der Waals surface area contributed by atoms with E-state index >= 15 is 0 Å². The molecule has 1 unspecified atom stereocenters. The highest BCUT2D eigenvalue weighted by Gasteiger charge is 2.49. The number of ether oxygens (including phenoxy) is 2. The van der Waals surface area contributed by atoms with Crippen LogP contribution in [0.1, 0.15) is 5.76 Å². The van der Waals surface area contributed by atoms with Crippen LogP contribution in [0.25, 0.3) is 0 Å². The summed E-state index contributed by atoms with van der Waals surface area (Å²) >= 11 is 1.10. The van der Waals surface area contributed by atoms with Crippen molar-refractivity contribution >= 4 is 52.0 Å². The third-order valence-corrected chi connectivity index (χ3v) is 6.38. The number of rotatable bonds is 4. The summed E-state index contributed by atoms with van der Waals surface area (Å²) in [6, 6.07) is 8.02. The minimum atomic E-state index is -0.890. The van der Waals surface area contributed by atoms with Gasteiger partial charge in [-0.25, -0.2) is 9.79 Å². The second-order valence-electron chi connectivity index (χ2n) is 7.59. The molecular formula is C22H20N5O6S+. The van der Waals surface area contributed by atoms with Gasteiger partial charge < -0.3 is 19.2 Å². The summed E-state index contributed by atoms with van der Waals surface area (Å²) in [7, 11) is 2.94. The van der Waals surface area contributed by atoms with Crippen LogP contribution in [0.3, 0.4) is 0 Å². The fourth-order valence-corrected chi connectivity index (χ4v) is 4.54. The van der Waals surface area contributed by atoms with Crippen LogP contribution in [-0.4, -0.2) is 77.1 Å². The molecule has 4 heterocycles. The summed E-state index contributed by atoms with van der Waals surface area (Å²) in [4.78, 5) is 48.0. The molecule has 1 atom stereocenters. The normalized spacial score (nSPS) is 19.5. The van der Waals surface area contributed by atoms with Gasteiger partial charge in [0.15, 0.2) is 23.2 Å². The average molecular weight is 482 g/mol. The Hall–Kier alpha value is -3.93. The number of aliphatic imine (C=N–C) groups is 2. The maximum absolute atomic E-state index is 12.9. The van der Waals surface area contributed by atoms with E-state index in [9.17, 15) is 14.4 Å². The van der Waals surface area contributed by atoms with Crippen molar-refractivity contribution in [1.29, 1.82) is 0 Å². The van der Waals surface area contributed by atoms with Gasteiger partial charge in [-0.2, -0.15) is 9.48 Å². The number of imide groups is 1. The number of urea groups is 1. The second kappa shape index (κ2) is 8.78. The maximum atomic E-state index is 12.9. The number of hydrogen-bond acceptors (Lipinski definition) is 9. The second-order valence-corrected chi connectivity index (χ2v) is 8.58. The van der Waals surface area contributed by atoms with Gasteiger partial charge in [-0.1, -0.05) is 16.8 Å². The van der Waals surface area contributed by atoms with E-state index in [1.165, 1.54) is 17.9 Å². The van der Waals surface area contributed by atoms with Crippen LogP contribution in [0.5, 0.6) is 11.5 Å². The van der Waals surface area contributed by atoms with Crippen LogP contribution in [0.4, 0.5) is 10.5 Å². The minimum Gasteiger partial charge on any atom is -0.486 e. The summed E-state index contributed by atoms with van der Waals surface area (Å²) < 4.78 is 17.7. The van der Waals surface area contributed by atoms with Gasteiger partial charge in [0.2, 0.25) is 5.91 Å². The molecule has 1 aromatic heterocycles. The number of amidine groups is 2. The molecule has 0 saturated heterocycles. The molecule has 0 spiro atoms. The first-order chi connectivity index (χ1) is 16.4. The molecule has 4 amide bonds. The summed E-state index contributed by atoms with van der Waals surface area (Å²) in [5.74, 6) is 0.379. The third kappa shape index (κ3) is 3.96. The van der Waals surface area contributed by atoms with Crippen molar-refractivity contribution in [2.45, 2.75) is 0 Å². The number of nitrogens with zero attached hydrogens (tertiary/aromatic N) is 4. The lowest BCUT2D eigenvalue weighted by molar-refractivity contribution is -0.407.